The fourth-order valence-electron chi connectivity index (χ4n) is 1.68. The lowest BCUT2D eigenvalue weighted by atomic mass is 10.1. The maximum absolute atomic E-state index is 11.8. The summed E-state index contributed by atoms with van der Waals surface area (Å²) in [6, 6.07) is 4.69. The van der Waals surface area contributed by atoms with Gasteiger partial charge in [0.1, 0.15) is 6.10 Å². The normalized spacial score (nSPS) is 14.3. The Morgan fingerprint density at radius 2 is 2.05 bits per heavy atom. The van der Waals surface area contributed by atoms with Crippen LogP contribution < -0.4 is 9.47 Å². The molecule has 1 aromatic rings. The molecule has 6 heteroatoms. The zero-order valence-electron chi connectivity index (χ0n) is 11.4. The van der Waals surface area contributed by atoms with Crippen molar-refractivity contribution in [1.29, 1.82) is 0 Å². The highest BCUT2D eigenvalue weighted by Gasteiger charge is 2.23. The van der Waals surface area contributed by atoms with Gasteiger partial charge in [0.25, 0.3) is 5.78 Å². The Kier molecular flexibility index (Phi) is 4.89. The molecule has 0 atom stereocenters. The van der Waals surface area contributed by atoms with Crippen molar-refractivity contribution in [3.05, 3.63) is 23.8 Å². The molecule has 1 aliphatic rings. The minimum atomic E-state index is -0.862. The third kappa shape index (κ3) is 3.25. The lowest BCUT2D eigenvalue weighted by Crippen LogP contribution is -2.31. The molecule has 0 aromatic heterocycles. The third-order valence-electron chi connectivity index (χ3n) is 2.79. The number of ketones is 1. The molecule has 0 radical (unpaired) electrons. The molecule has 1 aromatic carbocycles. The van der Waals surface area contributed by atoms with Crippen molar-refractivity contribution in [2.75, 3.05) is 25.2 Å². The Bertz CT molecular complexity index is 510. The molecule has 1 fully saturated rings. The van der Waals surface area contributed by atoms with Crippen molar-refractivity contribution in [3.8, 4) is 11.5 Å². The molecule has 0 aliphatic carbocycles. The van der Waals surface area contributed by atoms with Crippen molar-refractivity contribution in [2.24, 2.45) is 0 Å². The van der Waals surface area contributed by atoms with Crippen LogP contribution in [0.3, 0.4) is 0 Å². The summed E-state index contributed by atoms with van der Waals surface area (Å²) in [5, 5.41) is 0. The number of rotatable bonds is 6. The smallest absolute Gasteiger partial charge is 0.379 e. The molecule has 1 heterocycles. The van der Waals surface area contributed by atoms with Gasteiger partial charge in [-0.3, -0.25) is 4.79 Å². The monoisotopic (exact) mass is 296 g/mol. The number of ether oxygens (including phenoxy) is 3. The van der Waals surface area contributed by atoms with Gasteiger partial charge >= 0.3 is 5.97 Å². The zero-order chi connectivity index (χ0) is 14.5. The summed E-state index contributed by atoms with van der Waals surface area (Å²) >= 11 is 1.81. The molecule has 108 valence electrons. The lowest BCUT2D eigenvalue weighted by molar-refractivity contribution is -0.137. The first-order valence-corrected chi connectivity index (χ1v) is 7.45. The van der Waals surface area contributed by atoms with E-state index in [1.54, 1.807) is 19.1 Å². The first-order valence-electron chi connectivity index (χ1n) is 6.29. The van der Waals surface area contributed by atoms with Crippen LogP contribution in [-0.2, 0) is 9.53 Å². The fraction of sp³-hybridized carbons (Fsp3) is 0.429. The van der Waals surface area contributed by atoms with E-state index in [1.807, 2.05) is 11.8 Å². The van der Waals surface area contributed by atoms with Crippen LogP contribution in [0.5, 0.6) is 11.5 Å². The van der Waals surface area contributed by atoms with Gasteiger partial charge in [0.15, 0.2) is 11.5 Å². The second-order valence-corrected chi connectivity index (χ2v) is 5.27. The molecule has 0 amide bonds. The largest absolute Gasteiger partial charge is 0.493 e. The highest BCUT2D eigenvalue weighted by molar-refractivity contribution is 8.00. The number of carbonyl (C=O) groups is 2. The molecule has 20 heavy (non-hydrogen) atoms. The molecule has 0 spiro atoms. The Morgan fingerprint density at radius 3 is 2.60 bits per heavy atom. The maximum atomic E-state index is 11.8. The number of benzene rings is 1. The number of esters is 1. The van der Waals surface area contributed by atoms with Gasteiger partial charge in [-0.1, -0.05) is 0 Å². The topological polar surface area (TPSA) is 61.8 Å². The molecule has 0 bridgehead atoms. The Hall–Kier alpha value is -1.69. The van der Waals surface area contributed by atoms with Crippen LogP contribution in [0.4, 0.5) is 0 Å². The minimum absolute atomic E-state index is 0.169. The quantitative estimate of drug-likeness (QED) is 0.454. The number of Topliss-reactive ketones (excluding diaryl/α,β-unsaturated/α-hetero) is 1. The molecule has 0 N–H and O–H groups in total. The van der Waals surface area contributed by atoms with Crippen LogP contribution in [0.1, 0.15) is 17.3 Å². The number of methoxy groups -OCH3 is 1. The molecule has 5 nitrogen and oxygen atoms in total. The van der Waals surface area contributed by atoms with Gasteiger partial charge in [-0.25, -0.2) is 4.79 Å². The van der Waals surface area contributed by atoms with Gasteiger partial charge < -0.3 is 14.2 Å². The minimum Gasteiger partial charge on any atom is -0.493 e. The average Bonchev–Trinajstić information content (AvgIpc) is 2.42. The van der Waals surface area contributed by atoms with E-state index < -0.39 is 11.8 Å². The van der Waals surface area contributed by atoms with E-state index in [0.29, 0.717) is 11.5 Å². The van der Waals surface area contributed by atoms with E-state index in [1.165, 1.54) is 13.2 Å². The summed E-state index contributed by atoms with van der Waals surface area (Å²) in [6.07, 6.45) is 0.181. The van der Waals surface area contributed by atoms with E-state index in [2.05, 4.69) is 4.74 Å². The van der Waals surface area contributed by atoms with Crippen LogP contribution in [0.2, 0.25) is 0 Å². The SMILES string of the molecule is CCOC(=O)C(=O)c1ccc(OC2CSC2)c(OC)c1. The van der Waals surface area contributed by atoms with E-state index in [0.717, 1.165) is 11.5 Å². The van der Waals surface area contributed by atoms with Crippen LogP contribution in [-0.4, -0.2) is 43.1 Å². The first kappa shape index (κ1) is 14.7. The fourth-order valence-corrected chi connectivity index (χ4v) is 2.25. The lowest BCUT2D eigenvalue weighted by Gasteiger charge is -2.26. The molecular weight excluding hydrogens is 280 g/mol. The highest BCUT2D eigenvalue weighted by Crippen LogP contribution is 2.32. The Morgan fingerprint density at radius 1 is 1.30 bits per heavy atom. The van der Waals surface area contributed by atoms with E-state index in [4.69, 9.17) is 9.47 Å². The predicted molar refractivity (Wildman–Crippen MR) is 75.7 cm³/mol. The summed E-state index contributed by atoms with van der Waals surface area (Å²) in [5.74, 6) is 1.38. The molecule has 1 aliphatic heterocycles. The molecule has 0 unspecified atom stereocenters. The molecule has 0 saturated carbocycles. The zero-order valence-corrected chi connectivity index (χ0v) is 12.2. The summed E-state index contributed by atoms with van der Waals surface area (Å²) in [4.78, 5) is 23.2. The maximum Gasteiger partial charge on any atom is 0.379 e. The predicted octanol–water partition coefficient (Wildman–Crippen LogP) is 1.94. The second-order valence-electron chi connectivity index (χ2n) is 4.19. The Balaban J connectivity index is 2.15. The van der Waals surface area contributed by atoms with Gasteiger partial charge in [-0.15, -0.1) is 0 Å². The number of thioether (sulfide) groups is 1. The van der Waals surface area contributed by atoms with Gasteiger partial charge in [-0.2, -0.15) is 11.8 Å². The van der Waals surface area contributed by atoms with Gasteiger partial charge in [0, 0.05) is 17.1 Å². The summed E-state index contributed by atoms with van der Waals surface area (Å²) < 4.78 is 15.6. The summed E-state index contributed by atoms with van der Waals surface area (Å²) in [7, 11) is 1.50. The van der Waals surface area contributed by atoms with Gasteiger partial charge in [0.05, 0.1) is 13.7 Å². The van der Waals surface area contributed by atoms with Crippen molar-refractivity contribution in [1.82, 2.24) is 0 Å². The van der Waals surface area contributed by atoms with Gasteiger partial charge in [0.2, 0.25) is 0 Å². The highest BCUT2D eigenvalue weighted by atomic mass is 32.2. The van der Waals surface area contributed by atoms with Crippen molar-refractivity contribution >= 4 is 23.5 Å². The number of carbonyl (C=O) groups excluding carboxylic acids is 2. The molecule has 2 rings (SSSR count). The first-order chi connectivity index (χ1) is 9.65. The average molecular weight is 296 g/mol. The van der Waals surface area contributed by atoms with Crippen molar-refractivity contribution < 1.29 is 23.8 Å². The molecule has 1 saturated heterocycles. The summed E-state index contributed by atoms with van der Waals surface area (Å²) in [5.41, 5.74) is 0.232. The van der Waals surface area contributed by atoms with Crippen molar-refractivity contribution in [3.63, 3.8) is 0 Å². The Labute approximate surface area is 121 Å². The van der Waals surface area contributed by atoms with Gasteiger partial charge in [-0.05, 0) is 25.1 Å². The standard InChI is InChI=1S/C14H16O5S/c1-3-18-14(16)13(15)9-4-5-11(12(6-9)17-2)19-10-7-20-8-10/h4-6,10H,3,7-8H2,1-2H3. The van der Waals surface area contributed by atoms with E-state index in [-0.39, 0.29) is 18.3 Å². The van der Waals surface area contributed by atoms with Crippen molar-refractivity contribution in [2.45, 2.75) is 13.0 Å². The number of hydrogen-bond acceptors (Lipinski definition) is 6. The third-order valence-corrected chi connectivity index (χ3v) is 4.00. The number of hydrogen-bond donors (Lipinski definition) is 0. The van der Waals surface area contributed by atoms with Crippen LogP contribution in [0.25, 0.3) is 0 Å². The van der Waals surface area contributed by atoms with E-state index >= 15 is 0 Å². The summed E-state index contributed by atoms with van der Waals surface area (Å²) in [6.45, 7) is 1.82. The van der Waals surface area contributed by atoms with Crippen LogP contribution in [0, 0.1) is 0 Å². The van der Waals surface area contributed by atoms with Crippen LogP contribution >= 0.6 is 11.8 Å². The molecular formula is C14H16O5S. The second kappa shape index (κ2) is 6.65. The van der Waals surface area contributed by atoms with Crippen LogP contribution in [0.15, 0.2) is 18.2 Å². The van der Waals surface area contributed by atoms with E-state index in [9.17, 15) is 9.59 Å².